The molecule has 2 N–H and O–H groups in total. The van der Waals surface area contributed by atoms with Crippen molar-refractivity contribution < 1.29 is 4.74 Å². The van der Waals surface area contributed by atoms with Crippen LogP contribution in [0.2, 0.25) is 0 Å². The van der Waals surface area contributed by atoms with Gasteiger partial charge in [0.05, 0.1) is 7.11 Å². The van der Waals surface area contributed by atoms with Crippen LogP contribution in [0, 0.1) is 5.92 Å². The van der Waals surface area contributed by atoms with Crippen molar-refractivity contribution in [3.8, 4) is 5.75 Å². The zero-order valence-corrected chi connectivity index (χ0v) is 13.2. The van der Waals surface area contributed by atoms with E-state index in [1.54, 1.807) is 7.11 Å². The summed E-state index contributed by atoms with van der Waals surface area (Å²) in [5.74, 6) is 1.59. The van der Waals surface area contributed by atoms with Crippen molar-refractivity contribution >= 4 is 0 Å². The van der Waals surface area contributed by atoms with E-state index < -0.39 is 0 Å². The van der Waals surface area contributed by atoms with Crippen LogP contribution in [0.4, 0.5) is 0 Å². The largest absolute Gasteiger partial charge is 0.496 e. The zero-order valence-electron chi connectivity index (χ0n) is 13.2. The minimum absolute atomic E-state index is 0.00519. The lowest BCUT2D eigenvalue weighted by atomic mass is 9.96. The number of ether oxygens (including phenoxy) is 1. The van der Waals surface area contributed by atoms with Gasteiger partial charge in [-0.2, -0.15) is 0 Å². The zero-order chi connectivity index (χ0) is 15.2. The first-order chi connectivity index (χ1) is 10.1. The van der Waals surface area contributed by atoms with Gasteiger partial charge in [-0.1, -0.05) is 56.3 Å². The van der Waals surface area contributed by atoms with Crippen LogP contribution in [0.1, 0.15) is 36.6 Å². The molecule has 2 heteroatoms. The molecule has 0 aliphatic carbocycles. The van der Waals surface area contributed by atoms with E-state index in [9.17, 15) is 0 Å². The Morgan fingerprint density at radius 2 is 1.62 bits per heavy atom. The lowest BCUT2D eigenvalue weighted by Crippen LogP contribution is -2.14. The molecular weight excluding hydrogens is 258 g/mol. The molecule has 2 rings (SSSR count). The third-order valence-corrected chi connectivity index (χ3v) is 3.68. The molecule has 0 bridgehead atoms. The normalized spacial score (nSPS) is 12.4. The quantitative estimate of drug-likeness (QED) is 0.865. The lowest BCUT2D eigenvalue weighted by Gasteiger charge is -2.15. The summed E-state index contributed by atoms with van der Waals surface area (Å²) in [4.78, 5) is 0. The highest BCUT2D eigenvalue weighted by molar-refractivity contribution is 5.35. The Hall–Kier alpha value is -1.80. The van der Waals surface area contributed by atoms with E-state index in [4.69, 9.17) is 10.5 Å². The predicted molar refractivity (Wildman–Crippen MR) is 88.6 cm³/mol. The molecule has 0 radical (unpaired) electrons. The summed E-state index contributed by atoms with van der Waals surface area (Å²) in [6.45, 7) is 4.47. The van der Waals surface area contributed by atoms with Gasteiger partial charge in [-0.3, -0.25) is 0 Å². The Morgan fingerprint density at radius 3 is 2.24 bits per heavy atom. The number of methoxy groups -OCH3 is 1. The molecule has 1 atom stereocenters. The van der Waals surface area contributed by atoms with E-state index in [1.807, 2.05) is 18.2 Å². The minimum atomic E-state index is -0.00519. The number of para-hydroxylation sites is 1. The lowest BCUT2D eigenvalue weighted by molar-refractivity contribution is 0.408. The summed E-state index contributed by atoms with van der Waals surface area (Å²) in [6, 6.07) is 16.7. The van der Waals surface area contributed by atoms with E-state index in [0.717, 1.165) is 24.2 Å². The molecule has 0 saturated carbocycles. The first-order valence-electron chi connectivity index (χ1n) is 7.56. The Balaban J connectivity index is 2.07. The molecule has 2 aromatic rings. The fourth-order valence-electron chi connectivity index (χ4n) is 2.60. The highest BCUT2D eigenvalue weighted by Crippen LogP contribution is 2.24. The first-order valence-corrected chi connectivity index (χ1v) is 7.56. The van der Waals surface area contributed by atoms with Gasteiger partial charge in [-0.05, 0) is 41.5 Å². The molecule has 1 unspecified atom stereocenters. The standard InChI is InChI=1S/C19H25NO/c1-14(2)12-15-8-10-16(11-9-15)18(20)13-17-6-4-5-7-19(17)21-3/h4-11,14,18H,12-13,20H2,1-3H3. The average Bonchev–Trinajstić information content (AvgIpc) is 2.48. The van der Waals surface area contributed by atoms with Crippen LogP contribution in [0.15, 0.2) is 48.5 Å². The number of rotatable bonds is 6. The third-order valence-electron chi connectivity index (χ3n) is 3.68. The van der Waals surface area contributed by atoms with Crippen LogP contribution >= 0.6 is 0 Å². The monoisotopic (exact) mass is 283 g/mol. The van der Waals surface area contributed by atoms with Crippen molar-refractivity contribution in [1.29, 1.82) is 0 Å². The SMILES string of the molecule is COc1ccccc1CC(N)c1ccc(CC(C)C)cc1. The smallest absolute Gasteiger partial charge is 0.122 e. The van der Waals surface area contributed by atoms with Crippen LogP contribution in [0.3, 0.4) is 0 Å². The van der Waals surface area contributed by atoms with Gasteiger partial charge in [0, 0.05) is 6.04 Å². The second-order valence-electron chi connectivity index (χ2n) is 5.96. The summed E-state index contributed by atoms with van der Waals surface area (Å²) in [5.41, 5.74) is 10.0. The van der Waals surface area contributed by atoms with Gasteiger partial charge < -0.3 is 10.5 Å². The number of nitrogens with two attached hydrogens (primary N) is 1. The van der Waals surface area contributed by atoms with Crippen molar-refractivity contribution in [3.05, 3.63) is 65.2 Å². The Labute approximate surface area is 127 Å². The number of hydrogen-bond acceptors (Lipinski definition) is 2. The molecule has 0 amide bonds. The molecule has 0 aliphatic heterocycles. The Morgan fingerprint density at radius 1 is 0.952 bits per heavy atom. The average molecular weight is 283 g/mol. The first kappa shape index (κ1) is 15.6. The number of hydrogen-bond donors (Lipinski definition) is 1. The van der Waals surface area contributed by atoms with Crippen LogP contribution < -0.4 is 10.5 Å². The highest BCUT2D eigenvalue weighted by atomic mass is 16.5. The molecular formula is C19H25NO. The molecule has 112 valence electrons. The van der Waals surface area contributed by atoms with E-state index in [-0.39, 0.29) is 6.04 Å². The molecule has 0 heterocycles. The maximum atomic E-state index is 6.35. The van der Waals surface area contributed by atoms with E-state index >= 15 is 0 Å². The fourth-order valence-corrected chi connectivity index (χ4v) is 2.60. The topological polar surface area (TPSA) is 35.2 Å². The summed E-state index contributed by atoms with van der Waals surface area (Å²) in [6.07, 6.45) is 1.90. The number of benzene rings is 2. The van der Waals surface area contributed by atoms with Gasteiger partial charge in [0.15, 0.2) is 0 Å². The van der Waals surface area contributed by atoms with Gasteiger partial charge >= 0.3 is 0 Å². The summed E-state index contributed by atoms with van der Waals surface area (Å²) >= 11 is 0. The Kier molecular flexibility index (Phi) is 5.40. The highest BCUT2D eigenvalue weighted by Gasteiger charge is 2.10. The van der Waals surface area contributed by atoms with Gasteiger partial charge in [-0.15, -0.1) is 0 Å². The van der Waals surface area contributed by atoms with Crippen LogP contribution in [0.5, 0.6) is 5.75 Å². The summed E-state index contributed by atoms with van der Waals surface area (Å²) < 4.78 is 5.39. The fraction of sp³-hybridized carbons (Fsp3) is 0.368. The van der Waals surface area contributed by atoms with E-state index in [1.165, 1.54) is 11.1 Å². The molecule has 2 nitrogen and oxygen atoms in total. The molecule has 0 fully saturated rings. The van der Waals surface area contributed by atoms with Crippen molar-refractivity contribution in [3.63, 3.8) is 0 Å². The van der Waals surface area contributed by atoms with Crippen LogP contribution in [-0.2, 0) is 12.8 Å². The van der Waals surface area contributed by atoms with Crippen molar-refractivity contribution in [2.45, 2.75) is 32.7 Å². The maximum absolute atomic E-state index is 6.35. The van der Waals surface area contributed by atoms with Crippen LogP contribution in [-0.4, -0.2) is 7.11 Å². The van der Waals surface area contributed by atoms with Crippen molar-refractivity contribution in [1.82, 2.24) is 0 Å². The second-order valence-corrected chi connectivity index (χ2v) is 5.96. The predicted octanol–water partition coefficient (Wildman–Crippen LogP) is 4.14. The second kappa shape index (κ2) is 7.28. The minimum Gasteiger partial charge on any atom is -0.496 e. The molecule has 0 aromatic heterocycles. The van der Waals surface area contributed by atoms with Gasteiger partial charge in [-0.25, -0.2) is 0 Å². The van der Waals surface area contributed by atoms with E-state index in [0.29, 0.717) is 5.92 Å². The Bertz CT molecular complexity index is 560. The van der Waals surface area contributed by atoms with Gasteiger partial charge in [0.1, 0.15) is 5.75 Å². The molecule has 0 spiro atoms. The van der Waals surface area contributed by atoms with E-state index in [2.05, 4.69) is 44.2 Å². The molecule has 21 heavy (non-hydrogen) atoms. The summed E-state index contributed by atoms with van der Waals surface area (Å²) in [7, 11) is 1.70. The maximum Gasteiger partial charge on any atom is 0.122 e. The molecule has 0 aliphatic rings. The molecule has 0 saturated heterocycles. The summed E-state index contributed by atoms with van der Waals surface area (Å²) in [5, 5.41) is 0. The van der Waals surface area contributed by atoms with Crippen LogP contribution in [0.25, 0.3) is 0 Å². The molecule has 2 aromatic carbocycles. The van der Waals surface area contributed by atoms with Gasteiger partial charge in [0.2, 0.25) is 0 Å². The van der Waals surface area contributed by atoms with Crippen molar-refractivity contribution in [2.24, 2.45) is 11.7 Å². The third kappa shape index (κ3) is 4.33. The van der Waals surface area contributed by atoms with Gasteiger partial charge in [0.25, 0.3) is 0 Å². The van der Waals surface area contributed by atoms with Crippen molar-refractivity contribution in [2.75, 3.05) is 7.11 Å².